The van der Waals surface area contributed by atoms with Gasteiger partial charge in [-0.15, -0.1) is 0 Å². The molecule has 0 unspecified atom stereocenters. The molecule has 3 rings (SSSR count). The Morgan fingerprint density at radius 1 is 1.17 bits per heavy atom. The summed E-state index contributed by atoms with van der Waals surface area (Å²) >= 11 is 5.02. The van der Waals surface area contributed by atoms with Crippen LogP contribution in [0.1, 0.15) is 23.1 Å². The van der Waals surface area contributed by atoms with Gasteiger partial charge in [-0.3, -0.25) is 14.6 Å². The van der Waals surface area contributed by atoms with Gasteiger partial charge in [0.05, 0.1) is 18.0 Å². The Kier molecular flexibility index (Phi) is 6.53. The number of aromatic nitrogens is 3. The highest BCUT2D eigenvalue weighted by Gasteiger charge is 2.16. The van der Waals surface area contributed by atoms with Gasteiger partial charge in [-0.1, -0.05) is 0 Å². The lowest BCUT2D eigenvalue weighted by Gasteiger charge is -2.10. The second kappa shape index (κ2) is 9.09. The second-order valence-electron chi connectivity index (χ2n) is 6.27. The molecule has 0 saturated heterocycles. The van der Waals surface area contributed by atoms with Gasteiger partial charge in [0.2, 0.25) is 0 Å². The number of carbonyl (C=O) groups excluding carboxylic acids is 1. The van der Waals surface area contributed by atoms with E-state index >= 15 is 0 Å². The Labute approximate surface area is 179 Å². The van der Waals surface area contributed by atoms with E-state index in [2.05, 4.69) is 20.2 Å². The van der Waals surface area contributed by atoms with E-state index < -0.39 is 10.0 Å². The normalized spacial score (nSPS) is 11.1. The molecule has 9 nitrogen and oxygen atoms in total. The smallest absolute Gasteiger partial charge is 0.261 e. The minimum absolute atomic E-state index is 0.0439. The lowest BCUT2D eigenvalue weighted by Crippen LogP contribution is -2.24. The van der Waals surface area contributed by atoms with Gasteiger partial charge < -0.3 is 14.6 Å². The number of carbonyl (C=O) groups is 1. The Morgan fingerprint density at radius 3 is 2.40 bits per heavy atom. The molecule has 0 radical (unpaired) electrons. The first-order valence-corrected chi connectivity index (χ1v) is 10.9. The molecule has 0 aliphatic rings. The summed E-state index contributed by atoms with van der Waals surface area (Å²) in [7, 11) is -2.05. The van der Waals surface area contributed by atoms with Gasteiger partial charge in [0.15, 0.2) is 10.6 Å². The Bertz CT molecular complexity index is 1180. The maximum absolute atomic E-state index is 12.6. The van der Waals surface area contributed by atoms with Crippen LogP contribution in [0.5, 0.6) is 5.75 Å². The van der Waals surface area contributed by atoms with Crippen LogP contribution < -0.4 is 14.8 Å². The third-order valence-electron chi connectivity index (χ3n) is 4.22. The predicted octanol–water partition coefficient (Wildman–Crippen LogP) is 2.61. The SMILES string of the molecule is CCOc1ccc(NS(=O)(=O)c2ccc(C(=O)NCc3n[nH]c(=S)n3C)cc2)cc1. The second-order valence-corrected chi connectivity index (χ2v) is 8.34. The minimum atomic E-state index is -3.79. The Balaban J connectivity index is 1.65. The number of nitrogens with one attached hydrogen (secondary N) is 3. The summed E-state index contributed by atoms with van der Waals surface area (Å²) in [5.41, 5.74) is 0.736. The zero-order valence-electron chi connectivity index (χ0n) is 16.4. The van der Waals surface area contributed by atoms with E-state index in [0.717, 1.165) is 0 Å². The molecule has 2 aromatic carbocycles. The van der Waals surface area contributed by atoms with Crippen molar-refractivity contribution in [1.29, 1.82) is 0 Å². The molecule has 1 aromatic heterocycles. The number of rotatable bonds is 8. The number of hydrogen-bond donors (Lipinski definition) is 3. The molecule has 1 heterocycles. The van der Waals surface area contributed by atoms with Crippen molar-refractivity contribution in [2.45, 2.75) is 18.4 Å². The first-order chi connectivity index (χ1) is 14.3. The fraction of sp³-hybridized carbons (Fsp3) is 0.211. The largest absolute Gasteiger partial charge is 0.494 e. The number of anilines is 1. The van der Waals surface area contributed by atoms with Crippen LogP contribution in [-0.4, -0.2) is 35.7 Å². The summed E-state index contributed by atoms with van der Waals surface area (Å²) in [6.07, 6.45) is 0. The highest BCUT2D eigenvalue weighted by Crippen LogP contribution is 2.20. The van der Waals surface area contributed by atoms with Crippen LogP contribution in [0.15, 0.2) is 53.4 Å². The van der Waals surface area contributed by atoms with Crippen molar-refractivity contribution in [2.75, 3.05) is 11.3 Å². The number of H-pyrrole nitrogens is 1. The van der Waals surface area contributed by atoms with Crippen molar-refractivity contribution in [1.82, 2.24) is 20.1 Å². The highest BCUT2D eigenvalue weighted by atomic mass is 32.2. The van der Waals surface area contributed by atoms with Crippen LogP contribution in [-0.2, 0) is 23.6 Å². The van der Waals surface area contributed by atoms with Crippen LogP contribution in [0.2, 0.25) is 0 Å². The Hall–Kier alpha value is -3.18. The molecule has 0 spiro atoms. The number of sulfonamides is 1. The molecular formula is C19H21N5O4S2. The predicted molar refractivity (Wildman–Crippen MR) is 114 cm³/mol. The van der Waals surface area contributed by atoms with Crippen LogP contribution in [0.3, 0.4) is 0 Å². The summed E-state index contributed by atoms with van der Waals surface area (Å²) in [5.74, 6) is 0.877. The Morgan fingerprint density at radius 2 is 1.83 bits per heavy atom. The van der Waals surface area contributed by atoms with Gasteiger partial charge in [-0.25, -0.2) is 8.42 Å². The molecule has 0 atom stereocenters. The fourth-order valence-electron chi connectivity index (χ4n) is 2.58. The van der Waals surface area contributed by atoms with E-state index in [1.807, 2.05) is 6.92 Å². The summed E-state index contributed by atoms with van der Waals surface area (Å²) in [6.45, 7) is 2.58. The van der Waals surface area contributed by atoms with Crippen molar-refractivity contribution in [3.8, 4) is 5.75 Å². The summed E-state index contributed by atoms with van der Waals surface area (Å²) in [5, 5.41) is 9.37. The van der Waals surface area contributed by atoms with Crippen molar-refractivity contribution < 1.29 is 17.9 Å². The van der Waals surface area contributed by atoms with E-state index in [9.17, 15) is 13.2 Å². The molecule has 0 fully saturated rings. The van der Waals surface area contributed by atoms with Crippen molar-refractivity contribution in [2.24, 2.45) is 7.05 Å². The van der Waals surface area contributed by atoms with E-state index in [1.165, 1.54) is 24.3 Å². The lowest BCUT2D eigenvalue weighted by molar-refractivity contribution is 0.0949. The van der Waals surface area contributed by atoms with E-state index in [4.69, 9.17) is 17.0 Å². The number of ether oxygens (including phenoxy) is 1. The molecule has 0 saturated carbocycles. The molecule has 1 amide bonds. The average Bonchev–Trinajstić information content (AvgIpc) is 3.05. The van der Waals surface area contributed by atoms with Gasteiger partial charge in [-0.2, -0.15) is 5.10 Å². The van der Waals surface area contributed by atoms with Crippen molar-refractivity contribution in [3.05, 3.63) is 64.7 Å². The van der Waals surface area contributed by atoms with E-state index in [-0.39, 0.29) is 17.3 Å². The van der Waals surface area contributed by atoms with E-state index in [0.29, 0.717) is 34.2 Å². The van der Waals surface area contributed by atoms with Crippen molar-refractivity contribution in [3.63, 3.8) is 0 Å². The quantitative estimate of drug-likeness (QED) is 0.457. The number of hydrogen-bond acceptors (Lipinski definition) is 6. The highest BCUT2D eigenvalue weighted by molar-refractivity contribution is 7.92. The number of amides is 1. The van der Waals surface area contributed by atoms with Crippen LogP contribution in [0.25, 0.3) is 0 Å². The maximum Gasteiger partial charge on any atom is 0.261 e. The molecule has 0 aliphatic heterocycles. The topological polar surface area (TPSA) is 118 Å². The van der Waals surface area contributed by atoms with Gasteiger partial charge in [0.1, 0.15) is 5.75 Å². The molecule has 0 aliphatic carbocycles. The molecule has 158 valence electrons. The summed E-state index contributed by atoms with van der Waals surface area (Å²) in [4.78, 5) is 12.4. The lowest BCUT2D eigenvalue weighted by atomic mass is 10.2. The number of nitrogens with zero attached hydrogens (tertiary/aromatic N) is 2. The maximum atomic E-state index is 12.6. The first kappa shape index (κ1) is 21.5. The summed E-state index contributed by atoms with van der Waals surface area (Å²) in [6, 6.07) is 12.3. The van der Waals surface area contributed by atoms with Gasteiger partial charge in [-0.05, 0) is 67.7 Å². The molecule has 3 N–H and O–H groups in total. The summed E-state index contributed by atoms with van der Waals surface area (Å²) < 4.78 is 35.1. The van der Waals surface area contributed by atoms with Gasteiger partial charge in [0, 0.05) is 18.3 Å². The first-order valence-electron chi connectivity index (χ1n) is 9.04. The van der Waals surface area contributed by atoms with Crippen LogP contribution >= 0.6 is 12.2 Å². The van der Waals surface area contributed by atoms with Gasteiger partial charge >= 0.3 is 0 Å². The zero-order chi connectivity index (χ0) is 21.7. The molecule has 11 heteroatoms. The molecule has 0 bridgehead atoms. The number of aromatic amines is 1. The fourth-order valence-corrected chi connectivity index (χ4v) is 3.79. The average molecular weight is 448 g/mol. The molecule has 3 aromatic rings. The minimum Gasteiger partial charge on any atom is -0.494 e. The number of benzene rings is 2. The third kappa shape index (κ3) is 5.05. The zero-order valence-corrected chi connectivity index (χ0v) is 18.0. The van der Waals surface area contributed by atoms with Gasteiger partial charge in [0.25, 0.3) is 15.9 Å². The molecule has 30 heavy (non-hydrogen) atoms. The monoisotopic (exact) mass is 447 g/mol. The third-order valence-corrected chi connectivity index (χ3v) is 5.99. The van der Waals surface area contributed by atoms with Crippen LogP contribution in [0.4, 0.5) is 5.69 Å². The van der Waals surface area contributed by atoms with Crippen molar-refractivity contribution >= 4 is 33.8 Å². The molecular weight excluding hydrogens is 426 g/mol. The van der Waals surface area contributed by atoms with Crippen LogP contribution in [0, 0.1) is 4.77 Å². The van der Waals surface area contributed by atoms with E-state index in [1.54, 1.807) is 35.9 Å². The standard InChI is InChI=1S/C19H21N5O4S2/c1-3-28-15-8-6-14(7-9-15)23-30(26,27)16-10-4-13(5-11-16)18(25)20-12-17-21-22-19(29)24(17)2/h4-11,23H,3,12H2,1-2H3,(H,20,25)(H,22,29).